The van der Waals surface area contributed by atoms with Gasteiger partial charge in [-0.25, -0.2) is 9.97 Å². The van der Waals surface area contributed by atoms with E-state index in [9.17, 15) is 4.79 Å². The number of halogens is 1. The van der Waals surface area contributed by atoms with Crippen LogP contribution in [0.3, 0.4) is 0 Å². The SMILES string of the molecule is Cc1nccnc1C(=O)Nc1ccc(Cl)cn1. The summed E-state index contributed by atoms with van der Waals surface area (Å²) in [5.41, 5.74) is 0.850. The Morgan fingerprint density at radius 3 is 2.65 bits per heavy atom. The lowest BCUT2D eigenvalue weighted by Crippen LogP contribution is -2.16. The predicted molar refractivity (Wildman–Crippen MR) is 64.0 cm³/mol. The molecule has 0 aliphatic rings. The molecule has 1 N–H and O–H groups in total. The number of hydrogen-bond acceptors (Lipinski definition) is 4. The van der Waals surface area contributed by atoms with Gasteiger partial charge in [0.1, 0.15) is 11.5 Å². The number of carbonyl (C=O) groups excluding carboxylic acids is 1. The minimum atomic E-state index is -0.342. The van der Waals surface area contributed by atoms with Crippen LogP contribution in [-0.2, 0) is 0 Å². The van der Waals surface area contributed by atoms with E-state index in [0.29, 0.717) is 16.5 Å². The molecule has 86 valence electrons. The Morgan fingerprint density at radius 1 is 1.24 bits per heavy atom. The number of carbonyl (C=O) groups is 1. The van der Waals surface area contributed by atoms with Gasteiger partial charge >= 0.3 is 0 Å². The van der Waals surface area contributed by atoms with Crippen molar-refractivity contribution >= 4 is 23.3 Å². The van der Waals surface area contributed by atoms with Gasteiger partial charge in [0.25, 0.3) is 5.91 Å². The summed E-state index contributed by atoms with van der Waals surface area (Å²) in [6.07, 6.45) is 4.46. The monoisotopic (exact) mass is 248 g/mol. The van der Waals surface area contributed by atoms with Gasteiger partial charge in [-0.05, 0) is 19.1 Å². The smallest absolute Gasteiger partial charge is 0.277 e. The van der Waals surface area contributed by atoms with E-state index in [1.165, 1.54) is 18.6 Å². The van der Waals surface area contributed by atoms with Gasteiger partial charge in [-0.15, -0.1) is 0 Å². The van der Waals surface area contributed by atoms with Crippen LogP contribution in [0.15, 0.2) is 30.7 Å². The lowest BCUT2D eigenvalue weighted by Gasteiger charge is -2.04. The van der Waals surface area contributed by atoms with E-state index in [2.05, 4.69) is 20.3 Å². The third-order valence-corrected chi connectivity index (χ3v) is 2.29. The summed E-state index contributed by atoms with van der Waals surface area (Å²) in [5, 5.41) is 3.13. The third-order valence-electron chi connectivity index (χ3n) is 2.07. The van der Waals surface area contributed by atoms with Crippen LogP contribution in [0.2, 0.25) is 5.02 Å². The van der Waals surface area contributed by atoms with Crippen molar-refractivity contribution in [2.75, 3.05) is 5.32 Å². The summed E-state index contributed by atoms with van der Waals surface area (Å²) in [6.45, 7) is 1.72. The van der Waals surface area contributed by atoms with E-state index in [1.54, 1.807) is 19.1 Å². The highest BCUT2D eigenvalue weighted by Crippen LogP contribution is 2.10. The van der Waals surface area contributed by atoms with Crippen molar-refractivity contribution in [2.45, 2.75) is 6.92 Å². The molecule has 0 saturated carbocycles. The Morgan fingerprint density at radius 2 is 2.00 bits per heavy atom. The molecular formula is C11H9ClN4O. The number of nitrogens with one attached hydrogen (secondary N) is 1. The van der Waals surface area contributed by atoms with Crippen LogP contribution >= 0.6 is 11.6 Å². The van der Waals surface area contributed by atoms with E-state index in [-0.39, 0.29) is 11.6 Å². The first kappa shape index (κ1) is 11.5. The first-order valence-corrected chi connectivity index (χ1v) is 5.25. The molecule has 0 spiro atoms. The molecule has 0 saturated heterocycles. The van der Waals surface area contributed by atoms with E-state index in [1.807, 2.05) is 0 Å². The Balaban J connectivity index is 2.17. The number of pyridine rings is 1. The van der Waals surface area contributed by atoms with Crippen LogP contribution in [0.25, 0.3) is 0 Å². The van der Waals surface area contributed by atoms with Gasteiger partial charge < -0.3 is 5.32 Å². The highest BCUT2D eigenvalue weighted by Gasteiger charge is 2.11. The van der Waals surface area contributed by atoms with Crippen LogP contribution in [0, 0.1) is 6.92 Å². The van der Waals surface area contributed by atoms with Gasteiger partial charge in [0.15, 0.2) is 0 Å². The quantitative estimate of drug-likeness (QED) is 0.884. The molecule has 2 aromatic heterocycles. The molecular weight excluding hydrogens is 240 g/mol. The zero-order valence-corrected chi connectivity index (χ0v) is 9.77. The van der Waals surface area contributed by atoms with Crippen molar-refractivity contribution in [1.29, 1.82) is 0 Å². The number of anilines is 1. The largest absolute Gasteiger partial charge is 0.305 e. The van der Waals surface area contributed by atoms with Crippen molar-refractivity contribution < 1.29 is 4.79 Å². The van der Waals surface area contributed by atoms with Crippen molar-refractivity contribution in [2.24, 2.45) is 0 Å². The normalized spacial score (nSPS) is 10.0. The van der Waals surface area contributed by atoms with Gasteiger partial charge in [0.2, 0.25) is 0 Å². The van der Waals surface area contributed by atoms with Crippen molar-refractivity contribution in [3.05, 3.63) is 47.1 Å². The Kier molecular flexibility index (Phi) is 3.30. The molecule has 17 heavy (non-hydrogen) atoms. The molecule has 0 fully saturated rings. The fourth-order valence-corrected chi connectivity index (χ4v) is 1.37. The van der Waals surface area contributed by atoms with Crippen molar-refractivity contribution in [3.8, 4) is 0 Å². The lowest BCUT2D eigenvalue weighted by atomic mass is 10.3. The molecule has 2 aromatic rings. The molecule has 0 atom stereocenters. The van der Waals surface area contributed by atoms with Crippen LogP contribution in [0.5, 0.6) is 0 Å². The van der Waals surface area contributed by atoms with Gasteiger partial charge in [-0.3, -0.25) is 9.78 Å². The third kappa shape index (κ3) is 2.76. The second-order valence-corrected chi connectivity index (χ2v) is 3.74. The molecule has 0 radical (unpaired) electrons. The first-order chi connectivity index (χ1) is 8.16. The Bertz CT molecular complexity index is 541. The minimum absolute atomic E-state index is 0.282. The van der Waals surface area contributed by atoms with Crippen molar-refractivity contribution in [3.63, 3.8) is 0 Å². The van der Waals surface area contributed by atoms with E-state index < -0.39 is 0 Å². The summed E-state index contributed by atoms with van der Waals surface area (Å²) in [6, 6.07) is 3.26. The summed E-state index contributed by atoms with van der Waals surface area (Å²) in [7, 11) is 0. The zero-order valence-electron chi connectivity index (χ0n) is 9.01. The number of amides is 1. The van der Waals surface area contributed by atoms with Gasteiger partial charge in [-0.1, -0.05) is 11.6 Å². The topological polar surface area (TPSA) is 67.8 Å². The number of nitrogens with zero attached hydrogens (tertiary/aromatic N) is 3. The maximum Gasteiger partial charge on any atom is 0.277 e. The molecule has 0 aliphatic heterocycles. The van der Waals surface area contributed by atoms with Gasteiger partial charge in [0, 0.05) is 18.6 Å². The maximum atomic E-state index is 11.8. The van der Waals surface area contributed by atoms with E-state index >= 15 is 0 Å². The summed E-state index contributed by atoms with van der Waals surface area (Å²) in [5.74, 6) is 0.0786. The van der Waals surface area contributed by atoms with Gasteiger partial charge in [0.05, 0.1) is 10.7 Å². The maximum absolute atomic E-state index is 11.8. The number of hydrogen-bond donors (Lipinski definition) is 1. The fourth-order valence-electron chi connectivity index (χ4n) is 1.26. The molecule has 1 amide bonds. The fraction of sp³-hybridized carbons (Fsp3) is 0.0909. The number of aryl methyl sites for hydroxylation is 1. The highest BCUT2D eigenvalue weighted by atomic mass is 35.5. The van der Waals surface area contributed by atoms with Gasteiger partial charge in [-0.2, -0.15) is 0 Å². The minimum Gasteiger partial charge on any atom is -0.305 e. The van der Waals surface area contributed by atoms with E-state index in [4.69, 9.17) is 11.6 Å². The van der Waals surface area contributed by atoms with Crippen LogP contribution in [0.4, 0.5) is 5.82 Å². The molecule has 0 aliphatic carbocycles. The Hall–Kier alpha value is -2.01. The first-order valence-electron chi connectivity index (χ1n) is 4.87. The molecule has 0 unspecified atom stereocenters. The lowest BCUT2D eigenvalue weighted by molar-refractivity contribution is 0.102. The molecule has 2 rings (SSSR count). The summed E-state index contributed by atoms with van der Waals surface area (Å²) >= 11 is 5.69. The van der Waals surface area contributed by atoms with Crippen LogP contribution in [-0.4, -0.2) is 20.9 Å². The van der Waals surface area contributed by atoms with Crippen molar-refractivity contribution in [1.82, 2.24) is 15.0 Å². The molecule has 5 nitrogen and oxygen atoms in total. The highest BCUT2D eigenvalue weighted by molar-refractivity contribution is 6.30. The average Bonchev–Trinajstić information content (AvgIpc) is 2.32. The summed E-state index contributed by atoms with van der Waals surface area (Å²) < 4.78 is 0. The molecule has 6 heteroatoms. The zero-order chi connectivity index (χ0) is 12.3. The Labute approximate surface area is 103 Å². The van der Waals surface area contributed by atoms with Crippen LogP contribution < -0.4 is 5.32 Å². The second-order valence-electron chi connectivity index (χ2n) is 3.31. The molecule has 0 bridgehead atoms. The standard InChI is InChI=1S/C11H9ClN4O/c1-7-10(14-5-4-13-7)11(17)16-9-3-2-8(12)6-15-9/h2-6H,1H3,(H,15,16,17). The molecule has 0 aromatic carbocycles. The predicted octanol–water partition coefficient (Wildman–Crippen LogP) is 2.09. The number of aromatic nitrogens is 3. The molecule has 2 heterocycles. The number of rotatable bonds is 2. The second kappa shape index (κ2) is 4.88. The van der Waals surface area contributed by atoms with Crippen LogP contribution in [0.1, 0.15) is 16.2 Å². The van der Waals surface area contributed by atoms with E-state index in [0.717, 1.165) is 0 Å². The summed E-state index contributed by atoms with van der Waals surface area (Å²) in [4.78, 5) is 23.7. The average molecular weight is 249 g/mol.